The first-order valence-electron chi connectivity index (χ1n) is 7.15. The fraction of sp³-hybridized carbons (Fsp3) is 0.412. The van der Waals surface area contributed by atoms with E-state index in [1.165, 1.54) is 13.0 Å². The van der Waals surface area contributed by atoms with Gasteiger partial charge in [0.25, 0.3) is 0 Å². The van der Waals surface area contributed by atoms with Crippen LogP contribution in [-0.4, -0.2) is 32.3 Å². The van der Waals surface area contributed by atoms with Crippen molar-refractivity contribution in [1.29, 1.82) is 0 Å². The molecule has 0 atom stereocenters. The van der Waals surface area contributed by atoms with E-state index in [1.54, 1.807) is 39.2 Å². The van der Waals surface area contributed by atoms with Crippen molar-refractivity contribution in [3.05, 3.63) is 35.9 Å². The van der Waals surface area contributed by atoms with Crippen LogP contribution in [0.15, 0.2) is 30.3 Å². The molecule has 0 unspecified atom stereocenters. The van der Waals surface area contributed by atoms with E-state index in [9.17, 15) is 9.59 Å². The summed E-state index contributed by atoms with van der Waals surface area (Å²) in [4.78, 5) is 24.2. The summed E-state index contributed by atoms with van der Waals surface area (Å²) in [5.74, 6) is -0.521. The molecule has 0 aliphatic rings. The van der Waals surface area contributed by atoms with Crippen LogP contribution in [0.1, 0.15) is 26.3 Å². The first-order valence-corrected chi connectivity index (χ1v) is 7.15. The normalized spacial score (nSPS) is 11.3. The van der Waals surface area contributed by atoms with Crippen molar-refractivity contribution < 1.29 is 23.8 Å². The molecule has 120 valence electrons. The molecule has 0 fully saturated rings. The van der Waals surface area contributed by atoms with Gasteiger partial charge in [-0.25, -0.2) is 0 Å². The lowest BCUT2D eigenvalue weighted by atomic mass is 9.89. The lowest BCUT2D eigenvalue weighted by Gasteiger charge is -2.21. The summed E-state index contributed by atoms with van der Waals surface area (Å²) < 4.78 is 15.1. The number of carbonyl (C=O) groups excluding carboxylic acids is 2. The molecule has 0 N–H and O–H groups in total. The number of esters is 2. The average Bonchev–Trinajstić information content (AvgIpc) is 2.53. The fourth-order valence-corrected chi connectivity index (χ4v) is 1.76. The monoisotopic (exact) mass is 306 g/mol. The molecule has 5 heteroatoms. The maximum atomic E-state index is 12.1. The largest absolute Gasteiger partial charge is 0.497 e. The zero-order chi connectivity index (χ0) is 16.6. The second kappa shape index (κ2) is 8.22. The van der Waals surface area contributed by atoms with Crippen LogP contribution in [0.5, 0.6) is 5.75 Å². The van der Waals surface area contributed by atoms with Crippen LogP contribution in [0.3, 0.4) is 0 Å². The van der Waals surface area contributed by atoms with Gasteiger partial charge in [-0.05, 0) is 38.5 Å². The Bertz CT molecular complexity index is 512. The predicted octanol–water partition coefficient (Wildman–Crippen LogP) is 2.84. The van der Waals surface area contributed by atoms with Crippen LogP contribution >= 0.6 is 0 Å². The quantitative estimate of drug-likeness (QED) is 0.572. The van der Waals surface area contributed by atoms with Gasteiger partial charge >= 0.3 is 11.9 Å². The molecule has 0 aromatic heterocycles. The lowest BCUT2D eigenvalue weighted by Crippen LogP contribution is -2.37. The molecule has 22 heavy (non-hydrogen) atoms. The highest BCUT2D eigenvalue weighted by atomic mass is 16.6. The first kappa shape index (κ1) is 17.8. The minimum Gasteiger partial charge on any atom is -0.497 e. The Labute approximate surface area is 130 Å². The Hall–Kier alpha value is -2.30. The zero-order valence-electron chi connectivity index (χ0n) is 13.4. The molecular formula is C17H22O5. The third-order valence-electron chi connectivity index (χ3n) is 3.12. The summed E-state index contributed by atoms with van der Waals surface area (Å²) in [5, 5.41) is 0. The van der Waals surface area contributed by atoms with Crippen molar-refractivity contribution in [3.63, 3.8) is 0 Å². The molecular weight excluding hydrogens is 284 g/mol. The van der Waals surface area contributed by atoms with Crippen LogP contribution in [0.2, 0.25) is 0 Å². The maximum absolute atomic E-state index is 12.1. The zero-order valence-corrected chi connectivity index (χ0v) is 13.4. The maximum Gasteiger partial charge on any atom is 0.327 e. The highest BCUT2D eigenvalue weighted by Crippen LogP contribution is 2.25. The standard InChI is InChI=1S/C17H22O5/c1-5-21-15(18)17(3,16(19)22-6-2)12-11-13-7-9-14(20-4)10-8-13/h7-12H,5-6H2,1-4H3/b12-11-. The van der Waals surface area contributed by atoms with Crippen molar-refractivity contribution in [3.8, 4) is 5.75 Å². The van der Waals surface area contributed by atoms with Crippen LogP contribution in [0.25, 0.3) is 6.08 Å². The number of hydrogen-bond donors (Lipinski definition) is 0. The number of hydrogen-bond acceptors (Lipinski definition) is 5. The Balaban J connectivity index is 3.02. The minimum atomic E-state index is -1.47. The molecule has 1 aromatic carbocycles. The van der Waals surface area contributed by atoms with E-state index in [0.29, 0.717) is 0 Å². The van der Waals surface area contributed by atoms with E-state index in [2.05, 4.69) is 0 Å². The summed E-state index contributed by atoms with van der Waals surface area (Å²) in [6.45, 7) is 5.27. The second-order valence-corrected chi connectivity index (χ2v) is 4.75. The molecule has 0 aliphatic carbocycles. The SMILES string of the molecule is CCOC(=O)C(C)(/C=C\c1ccc(OC)cc1)C(=O)OCC. The molecule has 0 bridgehead atoms. The summed E-state index contributed by atoms with van der Waals surface area (Å²) in [7, 11) is 1.59. The highest BCUT2D eigenvalue weighted by Gasteiger charge is 2.41. The third-order valence-corrected chi connectivity index (χ3v) is 3.12. The van der Waals surface area contributed by atoms with Gasteiger partial charge in [-0.15, -0.1) is 0 Å². The molecule has 1 aromatic rings. The summed E-state index contributed by atoms with van der Waals surface area (Å²) in [5.41, 5.74) is -0.632. The topological polar surface area (TPSA) is 61.8 Å². The van der Waals surface area contributed by atoms with Crippen molar-refractivity contribution in [1.82, 2.24) is 0 Å². The van der Waals surface area contributed by atoms with Crippen LogP contribution < -0.4 is 4.74 Å². The van der Waals surface area contributed by atoms with E-state index >= 15 is 0 Å². The van der Waals surface area contributed by atoms with Gasteiger partial charge in [-0.1, -0.05) is 24.3 Å². The summed E-state index contributed by atoms with van der Waals surface area (Å²) >= 11 is 0. The number of carbonyl (C=O) groups is 2. The van der Waals surface area contributed by atoms with E-state index in [-0.39, 0.29) is 13.2 Å². The smallest absolute Gasteiger partial charge is 0.327 e. The number of methoxy groups -OCH3 is 1. The molecule has 0 amide bonds. The van der Waals surface area contributed by atoms with Gasteiger partial charge in [-0.2, -0.15) is 0 Å². The van der Waals surface area contributed by atoms with Gasteiger partial charge in [0.05, 0.1) is 20.3 Å². The van der Waals surface area contributed by atoms with Gasteiger partial charge in [0.15, 0.2) is 5.41 Å². The van der Waals surface area contributed by atoms with Crippen molar-refractivity contribution in [2.45, 2.75) is 20.8 Å². The van der Waals surface area contributed by atoms with Crippen molar-refractivity contribution >= 4 is 18.0 Å². The van der Waals surface area contributed by atoms with Crippen LogP contribution in [0.4, 0.5) is 0 Å². The Morgan fingerprint density at radius 1 is 1.05 bits per heavy atom. The van der Waals surface area contributed by atoms with Gasteiger partial charge in [0, 0.05) is 0 Å². The lowest BCUT2D eigenvalue weighted by molar-refractivity contribution is -0.166. The van der Waals surface area contributed by atoms with Crippen molar-refractivity contribution in [2.75, 3.05) is 20.3 Å². The molecule has 0 aliphatic heterocycles. The van der Waals surface area contributed by atoms with E-state index in [0.717, 1.165) is 11.3 Å². The summed E-state index contributed by atoms with van der Waals surface area (Å²) in [6, 6.07) is 7.25. The number of benzene rings is 1. The number of rotatable bonds is 7. The molecule has 5 nitrogen and oxygen atoms in total. The second-order valence-electron chi connectivity index (χ2n) is 4.75. The van der Waals surface area contributed by atoms with Crippen molar-refractivity contribution in [2.24, 2.45) is 5.41 Å². The molecule has 0 radical (unpaired) electrons. The van der Waals surface area contributed by atoms with Crippen LogP contribution in [-0.2, 0) is 19.1 Å². The average molecular weight is 306 g/mol. The van der Waals surface area contributed by atoms with Gasteiger partial charge < -0.3 is 14.2 Å². The predicted molar refractivity (Wildman–Crippen MR) is 83.4 cm³/mol. The molecule has 0 saturated carbocycles. The highest BCUT2D eigenvalue weighted by molar-refractivity contribution is 6.02. The Kier molecular flexibility index (Phi) is 6.63. The first-order chi connectivity index (χ1) is 10.5. The van der Waals surface area contributed by atoms with Gasteiger partial charge in [-0.3, -0.25) is 9.59 Å². The van der Waals surface area contributed by atoms with Gasteiger partial charge in [0.2, 0.25) is 0 Å². The van der Waals surface area contributed by atoms with E-state index in [1.807, 2.05) is 12.1 Å². The minimum absolute atomic E-state index is 0.199. The molecule has 0 spiro atoms. The molecule has 0 heterocycles. The number of ether oxygens (including phenoxy) is 3. The van der Waals surface area contributed by atoms with Crippen LogP contribution in [0, 0.1) is 5.41 Å². The van der Waals surface area contributed by atoms with Gasteiger partial charge in [0.1, 0.15) is 5.75 Å². The molecule has 1 rings (SSSR count). The fourth-order valence-electron chi connectivity index (χ4n) is 1.76. The Morgan fingerprint density at radius 2 is 1.55 bits per heavy atom. The molecule has 0 saturated heterocycles. The third kappa shape index (κ3) is 4.35. The Morgan fingerprint density at radius 3 is 1.95 bits per heavy atom. The van der Waals surface area contributed by atoms with E-state index in [4.69, 9.17) is 14.2 Å². The van der Waals surface area contributed by atoms with E-state index < -0.39 is 17.4 Å². The summed E-state index contributed by atoms with van der Waals surface area (Å²) in [6.07, 6.45) is 3.19.